The Morgan fingerprint density at radius 1 is 1.45 bits per heavy atom. The number of hydrogen-bond acceptors (Lipinski definition) is 3. The van der Waals surface area contributed by atoms with Crippen molar-refractivity contribution in [3.8, 4) is 0 Å². The second-order valence-electron chi connectivity index (χ2n) is 5.56. The third-order valence-electron chi connectivity index (χ3n) is 3.77. The lowest BCUT2D eigenvalue weighted by Crippen LogP contribution is -2.50. The average Bonchev–Trinajstić information content (AvgIpc) is 2.43. The van der Waals surface area contributed by atoms with Crippen LogP contribution in [0.1, 0.15) is 39.7 Å². The molecule has 112 valence electrons. The zero-order valence-electron chi connectivity index (χ0n) is 13.1. The Labute approximate surface area is 121 Å². The van der Waals surface area contributed by atoms with Gasteiger partial charge in [-0.3, -0.25) is 4.79 Å². The van der Waals surface area contributed by atoms with Gasteiger partial charge < -0.3 is 15.4 Å². The number of anilines is 1. The Hall–Kier alpha value is -1.55. The number of hydrogen-bond donors (Lipinski definition) is 1. The highest BCUT2D eigenvalue weighted by Crippen LogP contribution is 2.21. The van der Waals surface area contributed by atoms with Crippen LogP contribution in [0.15, 0.2) is 24.3 Å². The van der Waals surface area contributed by atoms with Gasteiger partial charge in [-0.05, 0) is 44.9 Å². The lowest BCUT2D eigenvalue weighted by molar-refractivity contribution is -0.156. The van der Waals surface area contributed by atoms with Crippen molar-refractivity contribution in [2.45, 2.75) is 52.3 Å². The molecule has 0 radical (unpaired) electrons. The topological polar surface area (TPSA) is 55.6 Å². The molecule has 2 N–H and O–H groups in total. The predicted molar refractivity (Wildman–Crippen MR) is 82.2 cm³/mol. The van der Waals surface area contributed by atoms with Crippen LogP contribution in [-0.2, 0) is 16.1 Å². The minimum atomic E-state index is -0.773. The summed E-state index contributed by atoms with van der Waals surface area (Å²) in [4.78, 5) is 14.6. The van der Waals surface area contributed by atoms with Gasteiger partial charge in [0.2, 0.25) is 0 Å². The number of rotatable bonds is 6. The number of ether oxygens (including phenoxy) is 1. The first-order chi connectivity index (χ1) is 9.34. The summed E-state index contributed by atoms with van der Waals surface area (Å²) in [6, 6.07) is 7.73. The van der Waals surface area contributed by atoms with Gasteiger partial charge in [-0.1, -0.05) is 19.1 Å². The fourth-order valence-electron chi connectivity index (χ4n) is 2.06. The van der Waals surface area contributed by atoms with Crippen LogP contribution in [0.3, 0.4) is 0 Å². The summed E-state index contributed by atoms with van der Waals surface area (Å²) in [6.07, 6.45) is 0.641. The maximum atomic E-state index is 12.7. The first-order valence-corrected chi connectivity index (χ1v) is 7.04. The molecular weight excluding hydrogens is 252 g/mol. The smallest absolute Gasteiger partial charge is 0.255 e. The molecule has 4 nitrogen and oxygen atoms in total. The van der Waals surface area contributed by atoms with Crippen molar-refractivity contribution in [2.24, 2.45) is 0 Å². The highest BCUT2D eigenvalue weighted by Gasteiger charge is 2.36. The van der Waals surface area contributed by atoms with Crippen LogP contribution in [0.5, 0.6) is 0 Å². The molecule has 20 heavy (non-hydrogen) atoms. The molecule has 0 heterocycles. The molecular formula is C16H26N2O2. The maximum absolute atomic E-state index is 12.7. The van der Waals surface area contributed by atoms with Crippen LogP contribution in [-0.4, -0.2) is 29.6 Å². The van der Waals surface area contributed by atoms with Gasteiger partial charge in [0.1, 0.15) is 5.60 Å². The van der Waals surface area contributed by atoms with Crippen molar-refractivity contribution >= 4 is 11.6 Å². The number of carbonyl (C=O) groups excluding carboxylic acids is 1. The zero-order chi connectivity index (χ0) is 15.3. The summed E-state index contributed by atoms with van der Waals surface area (Å²) >= 11 is 0. The Kier molecular flexibility index (Phi) is 5.57. The second kappa shape index (κ2) is 6.75. The molecule has 0 saturated heterocycles. The molecule has 1 aromatic carbocycles. The van der Waals surface area contributed by atoms with E-state index in [1.54, 1.807) is 7.11 Å². The monoisotopic (exact) mass is 278 g/mol. The van der Waals surface area contributed by atoms with Gasteiger partial charge in [0.05, 0.1) is 0 Å². The van der Waals surface area contributed by atoms with E-state index in [9.17, 15) is 4.79 Å². The van der Waals surface area contributed by atoms with Gasteiger partial charge in [0.25, 0.3) is 5.91 Å². The van der Waals surface area contributed by atoms with Crippen molar-refractivity contribution in [1.82, 2.24) is 4.90 Å². The second-order valence-corrected chi connectivity index (χ2v) is 5.56. The van der Waals surface area contributed by atoms with E-state index >= 15 is 0 Å². The van der Waals surface area contributed by atoms with E-state index in [-0.39, 0.29) is 11.9 Å². The zero-order valence-corrected chi connectivity index (χ0v) is 13.1. The van der Waals surface area contributed by atoms with Gasteiger partial charge in [-0.15, -0.1) is 0 Å². The summed E-state index contributed by atoms with van der Waals surface area (Å²) in [5.74, 6) is 0.0138. The first-order valence-electron chi connectivity index (χ1n) is 7.04. The molecule has 0 aromatic heterocycles. The van der Waals surface area contributed by atoms with E-state index in [0.717, 1.165) is 5.56 Å². The van der Waals surface area contributed by atoms with E-state index in [4.69, 9.17) is 10.5 Å². The van der Waals surface area contributed by atoms with E-state index in [1.165, 1.54) is 0 Å². The van der Waals surface area contributed by atoms with Gasteiger partial charge in [-0.2, -0.15) is 0 Å². The van der Waals surface area contributed by atoms with Crippen molar-refractivity contribution < 1.29 is 9.53 Å². The molecule has 1 amide bonds. The minimum Gasteiger partial charge on any atom is -0.399 e. The van der Waals surface area contributed by atoms with Crippen LogP contribution in [0.25, 0.3) is 0 Å². The summed E-state index contributed by atoms with van der Waals surface area (Å²) < 4.78 is 5.43. The Morgan fingerprint density at radius 3 is 2.55 bits per heavy atom. The Morgan fingerprint density at radius 2 is 2.10 bits per heavy atom. The van der Waals surface area contributed by atoms with Crippen LogP contribution in [0.4, 0.5) is 5.69 Å². The van der Waals surface area contributed by atoms with Gasteiger partial charge in [0.15, 0.2) is 0 Å². The van der Waals surface area contributed by atoms with Gasteiger partial charge >= 0.3 is 0 Å². The van der Waals surface area contributed by atoms with Crippen LogP contribution < -0.4 is 5.73 Å². The summed E-state index contributed by atoms with van der Waals surface area (Å²) in [6.45, 7) is 8.36. The van der Waals surface area contributed by atoms with E-state index in [0.29, 0.717) is 18.7 Å². The van der Waals surface area contributed by atoms with Crippen molar-refractivity contribution in [3.63, 3.8) is 0 Å². The summed E-state index contributed by atoms with van der Waals surface area (Å²) in [7, 11) is 1.58. The first kappa shape index (κ1) is 16.5. The minimum absolute atomic E-state index is 0.0138. The highest BCUT2D eigenvalue weighted by molar-refractivity contribution is 5.85. The molecule has 0 fully saturated rings. The highest BCUT2D eigenvalue weighted by atomic mass is 16.5. The van der Waals surface area contributed by atoms with E-state index in [1.807, 2.05) is 56.9 Å². The van der Waals surface area contributed by atoms with Crippen LogP contribution in [0.2, 0.25) is 0 Å². The molecule has 1 rings (SSSR count). The lowest BCUT2D eigenvalue weighted by Gasteiger charge is -2.35. The third-order valence-corrected chi connectivity index (χ3v) is 3.77. The van der Waals surface area contributed by atoms with Crippen LogP contribution in [0, 0.1) is 0 Å². The number of amides is 1. The number of benzene rings is 1. The van der Waals surface area contributed by atoms with E-state index in [2.05, 4.69) is 0 Å². The van der Waals surface area contributed by atoms with Crippen molar-refractivity contribution in [1.29, 1.82) is 0 Å². The Balaban J connectivity index is 2.98. The third kappa shape index (κ3) is 3.73. The van der Waals surface area contributed by atoms with Crippen LogP contribution >= 0.6 is 0 Å². The number of methoxy groups -OCH3 is 1. The summed E-state index contributed by atoms with van der Waals surface area (Å²) in [5.41, 5.74) is 6.76. The SMILES string of the molecule is CCC(C)(OC)C(=O)N(Cc1cccc(N)c1)C(C)C. The molecule has 1 unspecified atom stereocenters. The molecule has 0 aliphatic carbocycles. The van der Waals surface area contributed by atoms with Gasteiger partial charge in [0, 0.05) is 25.4 Å². The molecule has 1 atom stereocenters. The number of carbonyl (C=O) groups is 1. The number of nitrogens with two attached hydrogens (primary N) is 1. The largest absolute Gasteiger partial charge is 0.399 e. The Bertz CT molecular complexity index is 454. The van der Waals surface area contributed by atoms with Crippen molar-refractivity contribution in [2.75, 3.05) is 12.8 Å². The molecule has 0 aliphatic rings. The number of nitrogens with zero attached hydrogens (tertiary/aromatic N) is 1. The maximum Gasteiger partial charge on any atom is 0.255 e. The fourth-order valence-corrected chi connectivity index (χ4v) is 2.06. The summed E-state index contributed by atoms with van der Waals surface area (Å²) in [5, 5.41) is 0. The molecule has 0 bridgehead atoms. The fraction of sp³-hybridized carbons (Fsp3) is 0.562. The quantitative estimate of drug-likeness (QED) is 0.814. The van der Waals surface area contributed by atoms with Crippen molar-refractivity contribution in [3.05, 3.63) is 29.8 Å². The molecule has 0 saturated carbocycles. The molecule has 1 aromatic rings. The average molecular weight is 278 g/mol. The number of nitrogen functional groups attached to an aromatic ring is 1. The molecule has 0 aliphatic heterocycles. The van der Waals surface area contributed by atoms with Gasteiger partial charge in [-0.25, -0.2) is 0 Å². The lowest BCUT2D eigenvalue weighted by atomic mass is 10.00. The molecule has 4 heteroatoms. The molecule has 0 spiro atoms. The normalized spacial score (nSPS) is 14.1. The predicted octanol–water partition coefficient (Wildman–Crippen LogP) is 2.82. The standard InChI is InChI=1S/C16H26N2O2/c1-6-16(4,20-5)15(19)18(12(2)3)11-13-8-7-9-14(17)10-13/h7-10,12H,6,11,17H2,1-5H3. The van der Waals surface area contributed by atoms with E-state index < -0.39 is 5.60 Å².